The Balaban J connectivity index is 2.30. The number of carbonyl (C=O) groups is 1. The molecule has 1 aromatic carbocycles. The van der Waals surface area contributed by atoms with Crippen molar-refractivity contribution in [3.05, 3.63) is 61.9 Å². The van der Waals surface area contributed by atoms with Gasteiger partial charge in [0.2, 0.25) is 0 Å². The van der Waals surface area contributed by atoms with Gasteiger partial charge in [-0.15, -0.1) is 0 Å². The molecule has 0 unspecified atom stereocenters. The maximum Gasteiger partial charge on any atom is 0.325 e. The van der Waals surface area contributed by atoms with Crippen molar-refractivity contribution in [2.24, 2.45) is 0 Å². The molecule has 0 saturated carbocycles. The molecule has 2 rings (SSSR count). The van der Waals surface area contributed by atoms with Crippen molar-refractivity contribution in [3.8, 4) is 0 Å². The van der Waals surface area contributed by atoms with E-state index in [-0.39, 0.29) is 5.56 Å². The minimum absolute atomic E-state index is 0.140. The van der Waals surface area contributed by atoms with Crippen LogP contribution in [0.15, 0.2) is 34.0 Å². The van der Waals surface area contributed by atoms with Crippen LogP contribution in [0.1, 0.15) is 21.5 Å². The first-order chi connectivity index (χ1) is 8.95. The first-order valence-corrected chi connectivity index (χ1v) is 5.67. The van der Waals surface area contributed by atoms with Gasteiger partial charge in [-0.3, -0.25) is 14.6 Å². The highest BCUT2D eigenvalue weighted by Gasteiger charge is 2.11. The third-order valence-electron chi connectivity index (χ3n) is 2.54. The second kappa shape index (κ2) is 4.93. The summed E-state index contributed by atoms with van der Waals surface area (Å²) >= 11 is 0. The molecule has 0 atom stereocenters. The Hall–Kier alpha value is -2.63. The highest BCUT2D eigenvalue weighted by molar-refractivity contribution is 6.03. The van der Waals surface area contributed by atoms with Gasteiger partial charge in [0.1, 0.15) is 5.56 Å². The van der Waals surface area contributed by atoms with Crippen LogP contribution < -0.4 is 16.6 Å². The highest BCUT2D eigenvalue weighted by atomic mass is 16.2. The van der Waals surface area contributed by atoms with Gasteiger partial charge in [0.15, 0.2) is 0 Å². The third-order valence-corrected chi connectivity index (χ3v) is 2.54. The van der Waals surface area contributed by atoms with Gasteiger partial charge in [0, 0.05) is 11.9 Å². The van der Waals surface area contributed by atoms with Gasteiger partial charge in [0.05, 0.1) is 0 Å². The Bertz CT molecular complexity index is 723. The second-order valence-electron chi connectivity index (χ2n) is 4.32. The van der Waals surface area contributed by atoms with Gasteiger partial charge in [-0.2, -0.15) is 0 Å². The maximum absolute atomic E-state index is 11.9. The van der Waals surface area contributed by atoms with E-state index in [0.717, 1.165) is 17.3 Å². The number of aromatic nitrogens is 2. The molecule has 2 aromatic rings. The van der Waals surface area contributed by atoms with Crippen LogP contribution in [-0.4, -0.2) is 15.9 Å². The Kier molecular flexibility index (Phi) is 3.33. The topological polar surface area (TPSA) is 94.8 Å². The van der Waals surface area contributed by atoms with E-state index in [2.05, 4.69) is 10.3 Å². The van der Waals surface area contributed by atoms with Crippen molar-refractivity contribution in [2.45, 2.75) is 13.8 Å². The molecule has 6 nitrogen and oxygen atoms in total. The van der Waals surface area contributed by atoms with Crippen molar-refractivity contribution < 1.29 is 4.79 Å². The van der Waals surface area contributed by atoms with E-state index in [1.165, 1.54) is 0 Å². The van der Waals surface area contributed by atoms with Gasteiger partial charge in [-0.05, 0) is 37.1 Å². The largest absolute Gasteiger partial charge is 0.325 e. The Labute approximate surface area is 108 Å². The molecular formula is C13H13N3O3. The van der Waals surface area contributed by atoms with Crippen molar-refractivity contribution in [1.82, 2.24) is 9.97 Å². The first kappa shape index (κ1) is 12.8. The molecule has 0 saturated heterocycles. The SMILES string of the molecule is Cc1cc(C)cc(NC(=O)c2c[nH]c(=O)[nH]c2=O)c1. The van der Waals surface area contributed by atoms with Crippen LogP contribution in [0.3, 0.4) is 0 Å². The Morgan fingerprint density at radius 1 is 1.11 bits per heavy atom. The molecule has 0 aliphatic carbocycles. The zero-order valence-corrected chi connectivity index (χ0v) is 10.5. The number of rotatable bonds is 2. The number of aromatic amines is 2. The standard InChI is InChI=1S/C13H13N3O3/c1-7-3-8(2)5-9(4-7)15-11(17)10-6-14-13(19)16-12(10)18/h3-6H,1-2H3,(H,15,17)(H2,14,16,18,19). The van der Waals surface area contributed by atoms with Crippen molar-refractivity contribution >= 4 is 11.6 Å². The van der Waals surface area contributed by atoms with Crippen molar-refractivity contribution in [1.29, 1.82) is 0 Å². The molecule has 19 heavy (non-hydrogen) atoms. The third kappa shape index (κ3) is 2.98. The summed E-state index contributed by atoms with van der Waals surface area (Å²) in [6.07, 6.45) is 1.10. The predicted molar refractivity (Wildman–Crippen MR) is 71.6 cm³/mol. The predicted octanol–water partition coefficient (Wildman–Crippen LogP) is 0.932. The van der Waals surface area contributed by atoms with Gasteiger partial charge >= 0.3 is 5.69 Å². The molecule has 1 aromatic heterocycles. The molecule has 0 aliphatic heterocycles. The van der Waals surface area contributed by atoms with Crippen molar-refractivity contribution in [3.63, 3.8) is 0 Å². The minimum atomic E-state index is -0.717. The lowest BCUT2D eigenvalue weighted by Crippen LogP contribution is -2.29. The van der Waals surface area contributed by atoms with Gasteiger partial charge in [-0.25, -0.2) is 4.79 Å². The summed E-state index contributed by atoms with van der Waals surface area (Å²) in [5, 5.41) is 2.62. The molecule has 1 heterocycles. The lowest BCUT2D eigenvalue weighted by Gasteiger charge is -2.06. The van der Waals surface area contributed by atoms with Crippen LogP contribution in [0.5, 0.6) is 0 Å². The fourth-order valence-corrected chi connectivity index (χ4v) is 1.82. The van der Waals surface area contributed by atoms with Crippen LogP contribution in [-0.2, 0) is 0 Å². The summed E-state index contributed by atoms with van der Waals surface area (Å²) in [4.78, 5) is 38.5. The lowest BCUT2D eigenvalue weighted by atomic mass is 10.1. The summed E-state index contributed by atoms with van der Waals surface area (Å²) in [7, 11) is 0. The summed E-state index contributed by atoms with van der Waals surface area (Å²) in [5.74, 6) is -0.567. The summed E-state index contributed by atoms with van der Waals surface area (Å²) in [6, 6.07) is 5.57. The van der Waals surface area contributed by atoms with E-state index in [0.29, 0.717) is 5.69 Å². The summed E-state index contributed by atoms with van der Waals surface area (Å²) in [5.41, 5.74) is 1.11. The molecule has 0 fully saturated rings. The van der Waals surface area contributed by atoms with Crippen molar-refractivity contribution in [2.75, 3.05) is 5.32 Å². The Morgan fingerprint density at radius 2 is 1.74 bits per heavy atom. The minimum Gasteiger partial charge on any atom is -0.322 e. The van der Waals surface area contributed by atoms with E-state index >= 15 is 0 Å². The monoisotopic (exact) mass is 259 g/mol. The fourth-order valence-electron chi connectivity index (χ4n) is 1.82. The van der Waals surface area contributed by atoms with Crippen LogP contribution in [0, 0.1) is 13.8 Å². The average Bonchev–Trinajstić information content (AvgIpc) is 2.26. The molecule has 0 bridgehead atoms. The molecular weight excluding hydrogens is 246 g/mol. The maximum atomic E-state index is 11.9. The van der Waals surface area contributed by atoms with E-state index < -0.39 is 17.2 Å². The van der Waals surface area contributed by atoms with E-state index in [1.54, 1.807) is 12.1 Å². The zero-order valence-electron chi connectivity index (χ0n) is 10.5. The number of amides is 1. The van der Waals surface area contributed by atoms with Crippen LogP contribution in [0.4, 0.5) is 5.69 Å². The van der Waals surface area contributed by atoms with E-state index in [1.807, 2.05) is 24.9 Å². The van der Waals surface area contributed by atoms with Gasteiger partial charge in [0.25, 0.3) is 11.5 Å². The number of aryl methyl sites for hydroxylation is 2. The van der Waals surface area contributed by atoms with E-state index in [4.69, 9.17) is 0 Å². The smallest absolute Gasteiger partial charge is 0.322 e. The second-order valence-corrected chi connectivity index (χ2v) is 4.32. The average molecular weight is 259 g/mol. The van der Waals surface area contributed by atoms with Gasteiger partial charge < -0.3 is 10.3 Å². The lowest BCUT2D eigenvalue weighted by molar-refractivity contribution is 0.102. The van der Waals surface area contributed by atoms with Crippen LogP contribution in [0.2, 0.25) is 0 Å². The number of carbonyl (C=O) groups excluding carboxylic acids is 1. The van der Waals surface area contributed by atoms with Gasteiger partial charge in [-0.1, -0.05) is 6.07 Å². The molecule has 1 amide bonds. The fraction of sp³-hybridized carbons (Fsp3) is 0.154. The number of hydrogen-bond donors (Lipinski definition) is 3. The highest BCUT2D eigenvalue weighted by Crippen LogP contribution is 2.14. The molecule has 0 spiro atoms. The molecule has 6 heteroatoms. The summed E-state index contributed by atoms with van der Waals surface area (Å²) in [6.45, 7) is 3.82. The van der Waals surface area contributed by atoms with Crippen LogP contribution >= 0.6 is 0 Å². The number of nitrogens with one attached hydrogen (secondary N) is 3. The molecule has 0 aliphatic rings. The summed E-state index contributed by atoms with van der Waals surface area (Å²) < 4.78 is 0. The Morgan fingerprint density at radius 3 is 2.32 bits per heavy atom. The number of hydrogen-bond acceptors (Lipinski definition) is 3. The normalized spacial score (nSPS) is 10.2. The van der Waals surface area contributed by atoms with Crippen LogP contribution in [0.25, 0.3) is 0 Å². The quantitative estimate of drug-likeness (QED) is 0.748. The molecule has 3 N–H and O–H groups in total. The zero-order chi connectivity index (χ0) is 14.0. The first-order valence-electron chi connectivity index (χ1n) is 5.67. The number of anilines is 1. The molecule has 0 radical (unpaired) electrons. The number of H-pyrrole nitrogens is 2. The van der Waals surface area contributed by atoms with E-state index in [9.17, 15) is 14.4 Å². The number of benzene rings is 1. The molecule has 98 valence electrons.